The summed E-state index contributed by atoms with van der Waals surface area (Å²) in [7, 11) is 1.96. The summed E-state index contributed by atoms with van der Waals surface area (Å²) in [6.07, 6.45) is 0.838. The van der Waals surface area contributed by atoms with E-state index in [0.29, 0.717) is 12.0 Å². The quantitative estimate of drug-likeness (QED) is 0.615. The third-order valence-electron chi connectivity index (χ3n) is 2.43. The fourth-order valence-corrected chi connectivity index (χ4v) is 1.64. The lowest BCUT2D eigenvalue weighted by Crippen LogP contribution is -2.41. The van der Waals surface area contributed by atoms with Gasteiger partial charge in [-0.1, -0.05) is 20.8 Å². The SMILES string of the molecule is CCN(CC(C)C)CC(CCO)NC. The van der Waals surface area contributed by atoms with Crippen molar-refractivity contribution in [3.05, 3.63) is 0 Å². The minimum atomic E-state index is 0.269. The number of aliphatic hydroxyl groups is 1. The molecular formula is C11H26N2O. The van der Waals surface area contributed by atoms with Gasteiger partial charge < -0.3 is 15.3 Å². The predicted octanol–water partition coefficient (Wildman–Crippen LogP) is 0.935. The summed E-state index contributed by atoms with van der Waals surface area (Å²) in [5.41, 5.74) is 0. The maximum absolute atomic E-state index is 8.88. The molecule has 0 aromatic carbocycles. The lowest BCUT2D eigenvalue weighted by Gasteiger charge is -2.27. The van der Waals surface area contributed by atoms with Crippen LogP contribution in [0.4, 0.5) is 0 Å². The van der Waals surface area contributed by atoms with E-state index in [1.807, 2.05) is 7.05 Å². The highest BCUT2D eigenvalue weighted by Gasteiger charge is 2.11. The van der Waals surface area contributed by atoms with E-state index in [1.54, 1.807) is 0 Å². The van der Waals surface area contributed by atoms with Crippen LogP contribution < -0.4 is 5.32 Å². The second-order valence-electron chi connectivity index (χ2n) is 4.24. The molecule has 1 atom stereocenters. The maximum Gasteiger partial charge on any atom is 0.0446 e. The van der Waals surface area contributed by atoms with Crippen molar-refractivity contribution in [3.63, 3.8) is 0 Å². The zero-order chi connectivity index (χ0) is 11.0. The molecule has 0 saturated carbocycles. The first kappa shape index (κ1) is 13.9. The number of hydrogen-bond donors (Lipinski definition) is 2. The summed E-state index contributed by atoms with van der Waals surface area (Å²) in [5.74, 6) is 0.710. The van der Waals surface area contributed by atoms with Gasteiger partial charge >= 0.3 is 0 Å². The van der Waals surface area contributed by atoms with Gasteiger partial charge in [0.25, 0.3) is 0 Å². The number of hydrogen-bond acceptors (Lipinski definition) is 3. The topological polar surface area (TPSA) is 35.5 Å². The second-order valence-corrected chi connectivity index (χ2v) is 4.24. The predicted molar refractivity (Wildman–Crippen MR) is 61.5 cm³/mol. The summed E-state index contributed by atoms with van der Waals surface area (Å²) < 4.78 is 0. The molecule has 3 heteroatoms. The number of rotatable bonds is 8. The molecule has 2 N–H and O–H groups in total. The first-order valence-corrected chi connectivity index (χ1v) is 5.64. The standard InChI is InChI=1S/C11H26N2O/c1-5-13(8-10(2)3)9-11(12-4)6-7-14/h10-12,14H,5-9H2,1-4H3. The molecule has 0 spiro atoms. The van der Waals surface area contributed by atoms with Gasteiger partial charge in [-0.3, -0.25) is 0 Å². The van der Waals surface area contributed by atoms with Crippen LogP contribution in [0.25, 0.3) is 0 Å². The van der Waals surface area contributed by atoms with Crippen LogP contribution in [-0.4, -0.2) is 49.3 Å². The molecule has 86 valence electrons. The molecule has 0 aliphatic carbocycles. The van der Waals surface area contributed by atoms with Gasteiger partial charge in [-0.05, 0) is 25.9 Å². The monoisotopic (exact) mass is 202 g/mol. The van der Waals surface area contributed by atoms with E-state index < -0.39 is 0 Å². The molecule has 0 bridgehead atoms. The van der Waals surface area contributed by atoms with Crippen molar-refractivity contribution in [2.24, 2.45) is 5.92 Å². The van der Waals surface area contributed by atoms with Crippen LogP contribution in [0.15, 0.2) is 0 Å². The van der Waals surface area contributed by atoms with E-state index in [1.165, 1.54) is 0 Å². The Morgan fingerprint density at radius 3 is 2.29 bits per heavy atom. The summed E-state index contributed by atoms with van der Waals surface area (Å²) in [6, 6.07) is 0.415. The van der Waals surface area contributed by atoms with Crippen molar-refractivity contribution < 1.29 is 5.11 Å². The highest BCUT2D eigenvalue weighted by atomic mass is 16.3. The van der Waals surface area contributed by atoms with E-state index in [0.717, 1.165) is 26.1 Å². The Kier molecular flexibility index (Phi) is 8.14. The first-order chi connectivity index (χ1) is 6.63. The van der Waals surface area contributed by atoms with Crippen LogP contribution >= 0.6 is 0 Å². The van der Waals surface area contributed by atoms with Gasteiger partial charge in [0.15, 0.2) is 0 Å². The molecule has 3 nitrogen and oxygen atoms in total. The Hall–Kier alpha value is -0.120. The minimum Gasteiger partial charge on any atom is -0.396 e. The Morgan fingerprint density at radius 2 is 1.93 bits per heavy atom. The number of aliphatic hydroxyl groups excluding tert-OH is 1. The van der Waals surface area contributed by atoms with Gasteiger partial charge in [0.2, 0.25) is 0 Å². The number of likely N-dealkylation sites (N-methyl/N-ethyl adjacent to an activating group) is 2. The van der Waals surface area contributed by atoms with Crippen molar-refractivity contribution >= 4 is 0 Å². The Bertz CT molecular complexity index is 128. The molecule has 0 aromatic rings. The van der Waals surface area contributed by atoms with Gasteiger partial charge in [-0.15, -0.1) is 0 Å². The average Bonchev–Trinajstić information content (AvgIpc) is 2.15. The van der Waals surface area contributed by atoms with Crippen molar-refractivity contribution in [1.29, 1.82) is 0 Å². The van der Waals surface area contributed by atoms with Crippen LogP contribution in [0.1, 0.15) is 27.2 Å². The maximum atomic E-state index is 8.88. The summed E-state index contributed by atoms with van der Waals surface area (Å²) in [4.78, 5) is 2.43. The second kappa shape index (κ2) is 8.21. The van der Waals surface area contributed by atoms with Crippen LogP contribution in [-0.2, 0) is 0 Å². The van der Waals surface area contributed by atoms with Crippen LogP contribution in [0, 0.1) is 5.92 Å². The smallest absolute Gasteiger partial charge is 0.0446 e. The molecular weight excluding hydrogens is 176 g/mol. The van der Waals surface area contributed by atoms with Crippen molar-refractivity contribution in [2.45, 2.75) is 33.2 Å². The fourth-order valence-electron chi connectivity index (χ4n) is 1.64. The summed E-state index contributed by atoms with van der Waals surface area (Å²) in [5, 5.41) is 12.1. The van der Waals surface area contributed by atoms with E-state index in [4.69, 9.17) is 5.11 Å². The van der Waals surface area contributed by atoms with E-state index in [-0.39, 0.29) is 6.61 Å². The van der Waals surface area contributed by atoms with E-state index >= 15 is 0 Å². The third-order valence-corrected chi connectivity index (χ3v) is 2.43. The average molecular weight is 202 g/mol. The lowest BCUT2D eigenvalue weighted by molar-refractivity contribution is 0.204. The molecule has 0 saturated heterocycles. The van der Waals surface area contributed by atoms with Gasteiger partial charge in [0, 0.05) is 25.7 Å². The first-order valence-electron chi connectivity index (χ1n) is 5.64. The molecule has 0 aromatic heterocycles. The van der Waals surface area contributed by atoms with Gasteiger partial charge in [-0.2, -0.15) is 0 Å². The van der Waals surface area contributed by atoms with Crippen molar-refractivity contribution in [1.82, 2.24) is 10.2 Å². The van der Waals surface area contributed by atoms with Crippen molar-refractivity contribution in [2.75, 3.05) is 33.3 Å². The van der Waals surface area contributed by atoms with Gasteiger partial charge in [0.1, 0.15) is 0 Å². The normalized spacial score (nSPS) is 13.9. The highest BCUT2D eigenvalue weighted by Crippen LogP contribution is 2.01. The molecule has 0 rings (SSSR count). The zero-order valence-corrected chi connectivity index (χ0v) is 10.1. The number of nitrogens with zero attached hydrogens (tertiary/aromatic N) is 1. The van der Waals surface area contributed by atoms with E-state index in [9.17, 15) is 0 Å². The molecule has 0 heterocycles. The largest absolute Gasteiger partial charge is 0.396 e. The van der Waals surface area contributed by atoms with Crippen LogP contribution in [0.5, 0.6) is 0 Å². The fraction of sp³-hybridized carbons (Fsp3) is 1.00. The molecule has 0 amide bonds. The molecule has 0 radical (unpaired) electrons. The zero-order valence-electron chi connectivity index (χ0n) is 10.1. The minimum absolute atomic E-state index is 0.269. The van der Waals surface area contributed by atoms with E-state index in [2.05, 4.69) is 31.0 Å². The molecule has 14 heavy (non-hydrogen) atoms. The Balaban J connectivity index is 3.87. The van der Waals surface area contributed by atoms with Crippen LogP contribution in [0.2, 0.25) is 0 Å². The molecule has 1 unspecified atom stereocenters. The van der Waals surface area contributed by atoms with Crippen LogP contribution in [0.3, 0.4) is 0 Å². The Morgan fingerprint density at radius 1 is 1.29 bits per heavy atom. The molecule has 0 aliphatic heterocycles. The lowest BCUT2D eigenvalue weighted by atomic mass is 10.1. The van der Waals surface area contributed by atoms with Gasteiger partial charge in [0.05, 0.1) is 0 Å². The van der Waals surface area contributed by atoms with Gasteiger partial charge in [-0.25, -0.2) is 0 Å². The number of nitrogens with one attached hydrogen (secondary N) is 1. The molecule has 0 aliphatic rings. The highest BCUT2D eigenvalue weighted by molar-refractivity contribution is 4.70. The third kappa shape index (κ3) is 6.35. The van der Waals surface area contributed by atoms with Crippen molar-refractivity contribution in [3.8, 4) is 0 Å². The summed E-state index contributed by atoms with van der Waals surface area (Å²) in [6.45, 7) is 10.2. The molecule has 0 fully saturated rings. The summed E-state index contributed by atoms with van der Waals surface area (Å²) >= 11 is 0. The Labute approximate surface area is 88.5 Å².